The van der Waals surface area contributed by atoms with Crippen LogP contribution in [0.3, 0.4) is 0 Å². The molecule has 2 N–H and O–H groups in total. The number of halogens is 2. The van der Waals surface area contributed by atoms with Gasteiger partial charge in [0.1, 0.15) is 5.02 Å². The van der Waals surface area contributed by atoms with E-state index in [9.17, 15) is 23.3 Å². The molecule has 0 bridgehead atoms. The van der Waals surface area contributed by atoms with Gasteiger partial charge in [-0.2, -0.15) is 0 Å². The number of anilines is 2. The number of carbonyl (C=O) groups excluding carboxylic acids is 1. The summed E-state index contributed by atoms with van der Waals surface area (Å²) in [6.07, 6.45) is 0.274. The summed E-state index contributed by atoms with van der Waals surface area (Å²) >= 11 is 12.3. The third kappa shape index (κ3) is 5.57. The van der Waals surface area contributed by atoms with Gasteiger partial charge in [0.2, 0.25) is 0 Å². The van der Waals surface area contributed by atoms with Gasteiger partial charge in [0.25, 0.3) is 15.7 Å². The lowest BCUT2D eigenvalue weighted by Gasteiger charge is -2.35. The summed E-state index contributed by atoms with van der Waals surface area (Å²) in [6.45, 7) is 6.24. The third-order valence-electron chi connectivity index (χ3n) is 6.29. The number of nitrogens with one attached hydrogen (secondary N) is 2. The molecule has 3 aromatic rings. The van der Waals surface area contributed by atoms with Gasteiger partial charge in [0, 0.05) is 12.6 Å². The Balaban J connectivity index is 1.57. The van der Waals surface area contributed by atoms with Gasteiger partial charge < -0.3 is 10.6 Å². The highest BCUT2D eigenvalue weighted by atomic mass is 35.5. The van der Waals surface area contributed by atoms with Crippen molar-refractivity contribution in [2.24, 2.45) is 0 Å². The first-order valence-electron chi connectivity index (χ1n) is 11.7. The molecule has 0 fully saturated rings. The Bertz CT molecular complexity index is 1520. The zero-order valence-corrected chi connectivity index (χ0v) is 23.2. The molecule has 12 heteroatoms. The molecule has 0 saturated carbocycles. The highest BCUT2D eigenvalue weighted by molar-refractivity contribution is 7.92. The van der Waals surface area contributed by atoms with Crippen molar-refractivity contribution in [3.63, 3.8) is 0 Å². The second-order valence-corrected chi connectivity index (χ2v) is 12.6. The molecule has 0 saturated heterocycles. The average Bonchev–Trinajstić information content (AvgIpc) is 2.84. The standard InChI is InChI=1S/C26H26Cl2N4O5S/c1-26(2,3)16-8-11-22(20(28)14-16)30-25(33)29-21-12-13-31(23-7-5-4-6-18(21)23)38(36,37)17-9-10-19(27)24(15-17)32(34)35/h4-11,14-15,21H,12-13H2,1-3H3,(H2,29,30,33). The number of rotatable bonds is 5. The van der Waals surface area contributed by atoms with Crippen LogP contribution in [0, 0.1) is 10.1 Å². The Morgan fingerprint density at radius 2 is 1.76 bits per heavy atom. The molecule has 4 rings (SSSR count). The summed E-state index contributed by atoms with van der Waals surface area (Å²) in [5.74, 6) is 0. The van der Waals surface area contributed by atoms with Gasteiger partial charge in [0.05, 0.1) is 32.3 Å². The topological polar surface area (TPSA) is 122 Å². The molecule has 0 aliphatic carbocycles. The maximum atomic E-state index is 13.5. The maximum Gasteiger partial charge on any atom is 0.319 e. The van der Waals surface area contributed by atoms with Crippen molar-refractivity contribution in [2.45, 2.75) is 43.5 Å². The third-order valence-corrected chi connectivity index (χ3v) is 8.73. The van der Waals surface area contributed by atoms with E-state index < -0.39 is 32.7 Å². The molecule has 1 atom stereocenters. The highest BCUT2D eigenvalue weighted by Crippen LogP contribution is 2.38. The van der Waals surface area contributed by atoms with Crippen LogP contribution in [0.2, 0.25) is 10.0 Å². The van der Waals surface area contributed by atoms with Crippen LogP contribution >= 0.6 is 23.2 Å². The van der Waals surface area contributed by atoms with Crippen LogP contribution in [0.4, 0.5) is 21.9 Å². The minimum atomic E-state index is -4.15. The molecule has 3 aromatic carbocycles. The van der Waals surface area contributed by atoms with Crippen molar-refractivity contribution in [1.29, 1.82) is 0 Å². The molecule has 9 nitrogen and oxygen atoms in total. The van der Waals surface area contributed by atoms with Crippen LogP contribution in [-0.4, -0.2) is 25.9 Å². The first-order chi connectivity index (χ1) is 17.8. The molecule has 0 radical (unpaired) electrons. The number of amides is 2. The largest absolute Gasteiger partial charge is 0.331 e. The van der Waals surface area contributed by atoms with Crippen molar-refractivity contribution in [3.05, 3.63) is 92.0 Å². The number of hydrogen-bond acceptors (Lipinski definition) is 5. The predicted octanol–water partition coefficient (Wildman–Crippen LogP) is 6.66. The summed E-state index contributed by atoms with van der Waals surface area (Å²) in [5.41, 5.74) is 1.85. The molecular formula is C26H26Cl2N4O5S. The lowest BCUT2D eigenvalue weighted by molar-refractivity contribution is -0.384. The maximum absolute atomic E-state index is 13.5. The Hall–Kier alpha value is -3.34. The van der Waals surface area contributed by atoms with E-state index in [2.05, 4.69) is 31.4 Å². The van der Waals surface area contributed by atoms with E-state index >= 15 is 0 Å². The summed E-state index contributed by atoms with van der Waals surface area (Å²) < 4.78 is 28.2. The molecule has 1 heterocycles. The summed E-state index contributed by atoms with van der Waals surface area (Å²) in [6, 6.07) is 14.7. The molecule has 1 aliphatic heterocycles. The second-order valence-electron chi connectivity index (χ2n) is 9.89. The van der Waals surface area contributed by atoms with Gasteiger partial charge in [-0.3, -0.25) is 14.4 Å². The van der Waals surface area contributed by atoms with Crippen molar-refractivity contribution in [3.8, 4) is 0 Å². The van der Waals surface area contributed by atoms with Crippen molar-refractivity contribution in [1.82, 2.24) is 5.32 Å². The van der Waals surface area contributed by atoms with Crippen LogP contribution in [0.25, 0.3) is 0 Å². The monoisotopic (exact) mass is 576 g/mol. The number of benzene rings is 3. The van der Waals surface area contributed by atoms with Crippen molar-refractivity contribution in [2.75, 3.05) is 16.2 Å². The van der Waals surface area contributed by atoms with Gasteiger partial charge in [0.15, 0.2) is 0 Å². The minimum Gasteiger partial charge on any atom is -0.331 e. The lowest BCUT2D eigenvalue weighted by atomic mass is 9.87. The van der Waals surface area contributed by atoms with Crippen LogP contribution in [-0.2, 0) is 15.4 Å². The van der Waals surface area contributed by atoms with E-state index in [0.717, 1.165) is 11.6 Å². The quantitative estimate of drug-likeness (QED) is 0.259. The van der Waals surface area contributed by atoms with Crippen molar-refractivity contribution >= 4 is 56.3 Å². The van der Waals surface area contributed by atoms with E-state index in [4.69, 9.17) is 23.2 Å². The summed E-state index contributed by atoms with van der Waals surface area (Å²) in [4.78, 5) is 23.2. The molecule has 38 heavy (non-hydrogen) atoms. The van der Waals surface area contributed by atoms with Crippen molar-refractivity contribution < 1.29 is 18.1 Å². The van der Waals surface area contributed by atoms with E-state index in [0.29, 0.717) is 22.0 Å². The zero-order valence-electron chi connectivity index (χ0n) is 20.9. The van der Waals surface area contributed by atoms with Crippen LogP contribution in [0.1, 0.15) is 44.4 Å². The molecule has 1 aliphatic rings. The van der Waals surface area contributed by atoms with Crippen LogP contribution < -0.4 is 14.9 Å². The SMILES string of the molecule is CC(C)(C)c1ccc(NC(=O)NC2CCN(S(=O)(=O)c3ccc(Cl)c([N+](=O)[O-])c3)c3ccccc32)c(Cl)c1. The Morgan fingerprint density at radius 3 is 2.42 bits per heavy atom. The van der Waals surface area contributed by atoms with Gasteiger partial charge in [-0.05, 0) is 53.3 Å². The minimum absolute atomic E-state index is 0.0434. The van der Waals surface area contributed by atoms with Gasteiger partial charge in [-0.15, -0.1) is 0 Å². The van der Waals surface area contributed by atoms with Gasteiger partial charge in [-0.1, -0.05) is 68.2 Å². The number of nitro groups is 1. The Labute approximate surface area is 231 Å². The summed E-state index contributed by atoms with van der Waals surface area (Å²) in [5, 5.41) is 17.2. The number of para-hydroxylation sites is 1. The molecule has 2 amide bonds. The van der Waals surface area contributed by atoms with E-state index in [1.54, 1.807) is 30.3 Å². The smallest absolute Gasteiger partial charge is 0.319 e. The van der Waals surface area contributed by atoms with Crippen LogP contribution in [0.15, 0.2) is 65.6 Å². The number of urea groups is 1. The fourth-order valence-corrected chi connectivity index (χ4v) is 6.19. The molecule has 200 valence electrons. The number of nitrogens with zero attached hydrogens (tertiary/aromatic N) is 2. The van der Waals surface area contributed by atoms with Gasteiger partial charge in [-0.25, -0.2) is 13.2 Å². The number of carbonyl (C=O) groups is 1. The fourth-order valence-electron chi connectivity index (χ4n) is 4.25. The number of hydrogen-bond donors (Lipinski definition) is 2. The Kier molecular flexibility index (Phi) is 7.60. The van der Waals surface area contributed by atoms with E-state index in [1.165, 1.54) is 16.4 Å². The summed E-state index contributed by atoms with van der Waals surface area (Å²) in [7, 11) is -4.15. The number of sulfonamides is 1. The van der Waals surface area contributed by atoms with E-state index in [-0.39, 0.29) is 28.3 Å². The molecule has 0 aromatic heterocycles. The van der Waals surface area contributed by atoms with Gasteiger partial charge >= 0.3 is 6.03 Å². The first-order valence-corrected chi connectivity index (χ1v) is 13.9. The molecule has 0 spiro atoms. The highest BCUT2D eigenvalue weighted by Gasteiger charge is 2.34. The lowest BCUT2D eigenvalue weighted by Crippen LogP contribution is -2.42. The Morgan fingerprint density at radius 1 is 1.05 bits per heavy atom. The number of nitro benzene ring substituents is 1. The molecular weight excluding hydrogens is 551 g/mol. The van der Waals surface area contributed by atoms with Crippen LogP contribution in [0.5, 0.6) is 0 Å². The average molecular weight is 577 g/mol. The zero-order chi connectivity index (χ0) is 27.8. The fraction of sp³-hybridized carbons (Fsp3) is 0.269. The van der Waals surface area contributed by atoms with E-state index in [1.807, 2.05) is 12.1 Å². The molecule has 1 unspecified atom stereocenters. The second kappa shape index (κ2) is 10.4. The normalized spacial score (nSPS) is 15.5. The predicted molar refractivity (Wildman–Crippen MR) is 149 cm³/mol. The first kappa shape index (κ1) is 27.7. The number of fused-ring (bicyclic) bond motifs is 1.